The van der Waals surface area contributed by atoms with Gasteiger partial charge in [0.05, 0.1) is 31.7 Å². The summed E-state index contributed by atoms with van der Waals surface area (Å²) in [5, 5.41) is 8.94. The van der Waals surface area contributed by atoms with E-state index in [1.165, 1.54) is 5.56 Å². The maximum absolute atomic E-state index is 8.94. The van der Waals surface area contributed by atoms with Crippen LogP contribution >= 0.6 is 0 Å². The molecule has 0 radical (unpaired) electrons. The van der Waals surface area contributed by atoms with Crippen molar-refractivity contribution in [1.29, 1.82) is 5.26 Å². The molecular weight excluding hydrogens is 240 g/mol. The fraction of sp³-hybridized carbons (Fsp3) is 0.533. The van der Waals surface area contributed by atoms with Crippen molar-refractivity contribution in [2.24, 2.45) is 0 Å². The Morgan fingerprint density at radius 3 is 2.63 bits per heavy atom. The SMILES string of the molecule is Cc1ccc(OCC(CC#N)N2CCOCC2)cc1. The van der Waals surface area contributed by atoms with Crippen LogP contribution in [-0.2, 0) is 4.74 Å². The molecule has 4 nitrogen and oxygen atoms in total. The second-order valence-corrected chi connectivity index (χ2v) is 4.79. The lowest BCUT2D eigenvalue weighted by molar-refractivity contribution is 0.00715. The first-order valence-electron chi connectivity index (χ1n) is 6.68. The molecular formula is C15H20N2O2. The number of nitrogens with zero attached hydrogens (tertiary/aromatic N) is 2. The van der Waals surface area contributed by atoms with Gasteiger partial charge in [0.1, 0.15) is 12.4 Å². The van der Waals surface area contributed by atoms with E-state index in [-0.39, 0.29) is 6.04 Å². The van der Waals surface area contributed by atoms with E-state index in [2.05, 4.69) is 17.9 Å². The maximum atomic E-state index is 8.94. The van der Waals surface area contributed by atoms with Crippen LogP contribution in [0.4, 0.5) is 0 Å². The monoisotopic (exact) mass is 260 g/mol. The molecule has 102 valence electrons. The Kier molecular flexibility index (Phi) is 5.20. The van der Waals surface area contributed by atoms with Crippen molar-refractivity contribution in [3.63, 3.8) is 0 Å². The molecule has 0 spiro atoms. The standard InChI is InChI=1S/C15H20N2O2/c1-13-2-4-15(5-3-13)19-12-14(6-7-16)17-8-10-18-11-9-17/h2-5,14H,6,8-12H2,1H3. The summed E-state index contributed by atoms with van der Waals surface area (Å²) in [7, 11) is 0. The Morgan fingerprint density at radius 1 is 1.32 bits per heavy atom. The fourth-order valence-corrected chi connectivity index (χ4v) is 2.17. The van der Waals surface area contributed by atoms with Gasteiger partial charge in [-0.25, -0.2) is 0 Å². The van der Waals surface area contributed by atoms with Crippen LogP contribution in [0.5, 0.6) is 5.75 Å². The second-order valence-electron chi connectivity index (χ2n) is 4.79. The summed E-state index contributed by atoms with van der Waals surface area (Å²) >= 11 is 0. The molecule has 2 rings (SSSR count). The van der Waals surface area contributed by atoms with Crippen LogP contribution in [0, 0.1) is 18.3 Å². The number of hydrogen-bond acceptors (Lipinski definition) is 4. The van der Waals surface area contributed by atoms with Gasteiger partial charge < -0.3 is 9.47 Å². The molecule has 1 atom stereocenters. The molecule has 1 aromatic carbocycles. The zero-order valence-electron chi connectivity index (χ0n) is 11.3. The van der Waals surface area contributed by atoms with Crippen molar-refractivity contribution in [3.8, 4) is 11.8 Å². The van der Waals surface area contributed by atoms with Gasteiger partial charge in [-0.1, -0.05) is 17.7 Å². The third-order valence-corrected chi connectivity index (χ3v) is 3.35. The normalized spacial score (nSPS) is 17.7. The molecule has 1 aliphatic heterocycles. The highest BCUT2D eigenvalue weighted by atomic mass is 16.5. The Morgan fingerprint density at radius 2 is 2.00 bits per heavy atom. The second kappa shape index (κ2) is 7.13. The molecule has 1 fully saturated rings. The molecule has 0 N–H and O–H groups in total. The highest BCUT2D eigenvalue weighted by molar-refractivity contribution is 5.26. The molecule has 1 unspecified atom stereocenters. The van der Waals surface area contributed by atoms with Crippen LogP contribution in [0.25, 0.3) is 0 Å². The van der Waals surface area contributed by atoms with Gasteiger partial charge in [-0.2, -0.15) is 5.26 Å². The topological polar surface area (TPSA) is 45.5 Å². The van der Waals surface area contributed by atoms with Crippen molar-refractivity contribution < 1.29 is 9.47 Å². The largest absolute Gasteiger partial charge is 0.492 e. The minimum absolute atomic E-state index is 0.148. The van der Waals surface area contributed by atoms with Gasteiger partial charge in [-0.15, -0.1) is 0 Å². The van der Waals surface area contributed by atoms with Crippen LogP contribution < -0.4 is 4.74 Å². The summed E-state index contributed by atoms with van der Waals surface area (Å²) in [6.07, 6.45) is 0.492. The third kappa shape index (κ3) is 4.23. The van der Waals surface area contributed by atoms with Crippen LogP contribution in [-0.4, -0.2) is 43.9 Å². The number of ether oxygens (including phenoxy) is 2. The first-order chi connectivity index (χ1) is 9.29. The average molecular weight is 260 g/mol. The predicted molar refractivity (Wildman–Crippen MR) is 73.1 cm³/mol. The van der Waals surface area contributed by atoms with E-state index in [9.17, 15) is 0 Å². The number of hydrogen-bond donors (Lipinski definition) is 0. The number of aryl methyl sites for hydroxylation is 1. The van der Waals surface area contributed by atoms with Crippen molar-refractivity contribution in [2.45, 2.75) is 19.4 Å². The quantitative estimate of drug-likeness (QED) is 0.812. The highest BCUT2D eigenvalue weighted by Crippen LogP contribution is 2.14. The van der Waals surface area contributed by atoms with E-state index in [0.29, 0.717) is 13.0 Å². The Balaban J connectivity index is 1.89. The molecule has 0 aromatic heterocycles. The van der Waals surface area contributed by atoms with Crippen molar-refractivity contribution >= 4 is 0 Å². The summed E-state index contributed by atoms with van der Waals surface area (Å²) in [4.78, 5) is 2.28. The van der Waals surface area contributed by atoms with Gasteiger partial charge in [0.15, 0.2) is 0 Å². The minimum Gasteiger partial charge on any atom is -0.492 e. The number of morpholine rings is 1. The molecule has 1 aromatic rings. The summed E-state index contributed by atoms with van der Waals surface area (Å²) in [6.45, 7) is 5.85. The zero-order chi connectivity index (χ0) is 13.5. The lowest BCUT2D eigenvalue weighted by Crippen LogP contribution is -2.46. The predicted octanol–water partition coefficient (Wildman–Crippen LogP) is 1.99. The minimum atomic E-state index is 0.148. The van der Waals surface area contributed by atoms with E-state index in [0.717, 1.165) is 32.1 Å². The molecule has 0 bridgehead atoms. The van der Waals surface area contributed by atoms with Gasteiger partial charge in [-0.05, 0) is 19.1 Å². The lowest BCUT2D eigenvalue weighted by Gasteiger charge is -2.33. The summed E-state index contributed by atoms with van der Waals surface area (Å²) in [6, 6.07) is 10.4. The van der Waals surface area contributed by atoms with Gasteiger partial charge in [0, 0.05) is 13.1 Å². The molecule has 1 saturated heterocycles. The van der Waals surface area contributed by atoms with Crippen molar-refractivity contribution in [2.75, 3.05) is 32.9 Å². The maximum Gasteiger partial charge on any atom is 0.119 e. The van der Waals surface area contributed by atoms with Crippen LogP contribution in [0.15, 0.2) is 24.3 Å². The summed E-state index contributed by atoms with van der Waals surface area (Å²) in [5.41, 5.74) is 1.22. The zero-order valence-corrected chi connectivity index (χ0v) is 11.3. The van der Waals surface area contributed by atoms with Gasteiger partial charge in [0.25, 0.3) is 0 Å². The lowest BCUT2D eigenvalue weighted by atomic mass is 10.2. The van der Waals surface area contributed by atoms with E-state index in [1.807, 2.05) is 24.3 Å². The van der Waals surface area contributed by atoms with Gasteiger partial charge in [0.2, 0.25) is 0 Å². The molecule has 4 heteroatoms. The van der Waals surface area contributed by atoms with E-state index in [1.54, 1.807) is 0 Å². The first kappa shape index (κ1) is 13.9. The Bertz CT molecular complexity index is 419. The van der Waals surface area contributed by atoms with Crippen molar-refractivity contribution in [1.82, 2.24) is 4.90 Å². The van der Waals surface area contributed by atoms with E-state index < -0.39 is 0 Å². The molecule has 1 aliphatic rings. The number of benzene rings is 1. The van der Waals surface area contributed by atoms with Crippen LogP contribution in [0.2, 0.25) is 0 Å². The number of nitriles is 1. The molecule has 0 saturated carbocycles. The first-order valence-corrected chi connectivity index (χ1v) is 6.68. The third-order valence-electron chi connectivity index (χ3n) is 3.35. The molecule has 19 heavy (non-hydrogen) atoms. The number of rotatable bonds is 5. The van der Waals surface area contributed by atoms with E-state index >= 15 is 0 Å². The van der Waals surface area contributed by atoms with Crippen molar-refractivity contribution in [3.05, 3.63) is 29.8 Å². The van der Waals surface area contributed by atoms with Gasteiger partial charge in [-0.3, -0.25) is 4.90 Å². The highest BCUT2D eigenvalue weighted by Gasteiger charge is 2.21. The Hall–Kier alpha value is -1.57. The molecule has 0 amide bonds. The summed E-state index contributed by atoms with van der Waals surface area (Å²) in [5.74, 6) is 0.863. The summed E-state index contributed by atoms with van der Waals surface area (Å²) < 4.78 is 11.1. The Labute approximate surface area is 114 Å². The van der Waals surface area contributed by atoms with E-state index in [4.69, 9.17) is 14.7 Å². The van der Waals surface area contributed by atoms with Crippen LogP contribution in [0.1, 0.15) is 12.0 Å². The van der Waals surface area contributed by atoms with Crippen LogP contribution in [0.3, 0.4) is 0 Å². The average Bonchev–Trinajstić information content (AvgIpc) is 2.46. The fourth-order valence-electron chi connectivity index (χ4n) is 2.17. The van der Waals surface area contributed by atoms with Gasteiger partial charge >= 0.3 is 0 Å². The molecule has 0 aliphatic carbocycles. The molecule has 1 heterocycles. The smallest absolute Gasteiger partial charge is 0.119 e.